The second-order valence-corrected chi connectivity index (χ2v) is 3.99. The van der Waals surface area contributed by atoms with E-state index < -0.39 is 0 Å². The van der Waals surface area contributed by atoms with Gasteiger partial charge in [0.05, 0.1) is 0 Å². The van der Waals surface area contributed by atoms with Crippen molar-refractivity contribution in [1.82, 2.24) is 0 Å². The molecule has 0 aliphatic heterocycles. The first-order valence-corrected chi connectivity index (χ1v) is 4.60. The van der Waals surface area contributed by atoms with Crippen LogP contribution in [0.1, 0.15) is 39.0 Å². The molecule has 11 heavy (non-hydrogen) atoms. The van der Waals surface area contributed by atoms with Crippen molar-refractivity contribution in [1.29, 1.82) is 0 Å². The highest BCUT2D eigenvalue weighted by atomic mass is 16.1. The Balaban J connectivity index is 2.15. The Bertz CT molecular complexity index is 185. The topological polar surface area (TPSA) is 17.1 Å². The van der Waals surface area contributed by atoms with Gasteiger partial charge in [0, 0.05) is 5.41 Å². The molecule has 0 amide bonds. The van der Waals surface area contributed by atoms with E-state index in [4.69, 9.17) is 0 Å². The summed E-state index contributed by atoms with van der Waals surface area (Å²) in [6, 6.07) is 0. The monoisotopic (exact) mass is 151 g/mol. The predicted molar refractivity (Wildman–Crippen MR) is 44.0 cm³/mol. The van der Waals surface area contributed by atoms with E-state index in [1.807, 2.05) is 0 Å². The number of carbonyl (C=O) groups is 1. The van der Waals surface area contributed by atoms with Gasteiger partial charge in [-0.15, -0.1) is 0 Å². The molecule has 1 nitrogen and oxygen atoms in total. The molecule has 2 saturated carbocycles. The fraction of sp³-hybridized carbons (Fsp3) is 0.800. The molecule has 0 heterocycles. The van der Waals surface area contributed by atoms with Gasteiger partial charge in [-0.1, -0.05) is 6.42 Å². The predicted octanol–water partition coefficient (Wildman–Crippen LogP) is 2.36. The molecular weight excluding hydrogens is 136 g/mol. The lowest BCUT2D eigenvalue weighted by Crippen LogP contribution is -2.47. The molecule has 1 unspecified atom stereocenters. The van der Waals surface area contributed by atoms with Crippen molar-refractivity contribution >= 4 is 5.78 Å². The van der Waals surface area contributed by atoms with Crippen molar-refractivity contribution in [3.8, 4) is 0 Å². The summed E-state index contributed by atoms with van der Waals surface area (Å²) in [6.45, 7) is 1.77. The van der Waals surface area contributed by atoms with Crippen LogP contribution < -0.4 is 0 Å². The number of hydrogen-bond acceptors (Lipinski definition) is 1. The number of carbonyl (C=O) groups excluding carboxylic acids is 1. The van der Waals surface area contributed by atoms with Gasteiger partial charge in [0.1, 0.15) is 5.78 Å². The molecule has 0 spiro atoms. The van der Waals surface area contributed by atoms with E-state index in [9.17, 15) is 4.79 Å². The van der Waals surface area contributed by atoms with Gasteiger partial charge in [-0.3, -0.25) is 4.79 Å². The summed E-state index contributed by atoms with van der Waals surface area (Å²) in [7, 11) is 0. The van der Waals surface area contributed by atoms with Crippen LogP contribution in [0.25, 0.3) is 0 Å². The van der Waals surface area contributed by atoms with Crippen molar-refractivity contribution in [2.45, 2.75) is 39.0 Å². The molecule has 0 aromatic rings. The lowest BCUT2D eigenvalue weighted by atomic mass is 9.52. The normalized spacial score (nSPS) is 42.5. The first-order chi connectivity index (χ1) is 5.26. The smallest absolute Gasteiger partial charge is 0.136 e. The maximum absolute atomic E-state index is 11.4. The highest BCUT2D eigenvalue weighted by molar-refractivity contribution is 5.84. The molecule has 0 bridgehead atoms. The fourth-order valence-corrected chi connectivity index (χ4v) is 2.66. The quantitative estimate of drug-likeness (QED) is 0.562. The van der Waals surface area contributed by atoms with Crippen LogP contribution in [0.5, 0.6) is 0 Å². The summed E-state index contributed by atoms with van der Waals surface area (Å²) in [6.07, 6.45) is 8.41. The zero-order valence-corrected chi connectivity index (χ0v) is 7.10. The Kier molecular flexibility index (Phi) is 1.55. The number of ketones is 1. The Morgan fingerprint density at radius 1 is 1.55 bits per heavy atom. The lowest BCUT2D eigenvalue weighted by molar-refractivity contribution is -0.138. The maximum atomic E-state index is 11.4. The zero-order chi connectivity index (χ0) is 7.90. The van der Waals surface area contributed by atoms with Crippen LogP contribution in [0, 0.1) is 17.8 Å². The number of rotatable bonds is 1. The molecule has 0 saturated heterocycles. The summed E-state index contributed by atoms with van der Waals surface area (Å²) >= 11 is 0. The average molecular weight is 151 g/mol. The SMILES string of the molecule is CC(=O)[C@@]12CCC[CH]C1CC2. The van der Waals surface area contributed by atoms with E-state index in [-0.39, 0.29) is 5.41 Å². The minimum Gasteiger partial charge on any atom is -0.299 e. The van der Waals surface area contributed by atoms with E-state index in [1.165, 1.54) is 19.3 Å². The van der Waals surface area contributed by atoms with Gasteiger partial charge in [0.2, 0.25) is 0 Å². The van der Waals surface area contributed by atoms with Gasteiger partial charge < -0.3 is 0 Å². The summed E-state index contributed by atoms with van der Waals surface area (Å²) in [4.78, 5) is 11.4. The largest absolute Gasteiger partial charge is 0.299 e. The van der Waals surface area contributed by atoms with Gasteiger partial charge >= 0.3 is 0 Å². The van der Waals surface area contributed by atoms with Crippen LogP contribution >= 0.6 is 0 Å². The molecule has 2 aliphatic rings. The van der Waals surface area contributed by atoms with Crippen LogP contribution in [-0.4, -0.2) is 5.78 Å². The standard InChI is InChI=1S/C10H15O/c1-8(11)10-6-3-2-4-9(10)5-7-10/h4,9H,2-3,5-7H2,1H3/t9?,10-/m0/s1. The van der Waals surface area contributed by atoms with Gasteiger partial charge in [0.15, 0.2) is 0 Å². The minimum atomic E-state index is 0.123. The Morgan fingerprint density at radius 2 is 2.36 bits per heavy atom. The Hall–Kier alpha value is -0.330. The molecule has 1 heteroatoms. The highest BCUT2D eigenvalue weighted by Gasteiger charge is 2.50. The third-order valence-electron chi connectivity index (χ3n) is 3.59. The molecular formula is C10H15O. The number of hydrogen-bond donors (Lipinski definition) is 0. The molecule has 0 N–H and O–H groups in total. The lowest BCUT2D eigenvalue weighted by Gasteiger charge is -2.51. The summed E-state index contributed by atoms with van der Waals surface area (Å²) in [5.41, 5.74) is 0.123. The third kappa shape index (κ3) is 0.863. The van der Waals surface area contributed by atoms with Crippen molar-refractivity contribution in [3.05, 3.63) is 6.42 Å². The number of fused-ring (bicyclic) bond motifs is 1. The highest BCUT2D eigenvalue weighted by Crippen LogP contribution is 2.55. The van der Waals surface area contributed by atoms with Crippen LogP contribution in [0.15, 0.2) is 0 Å². The van der Waals surface area contributed by atoms with Crippen molar-refractivity contribution in [2.24, 2.45) is 11.3 Å². The summed E-state index contributed by atoms with van der Waals surface area (Å²) in [5, 5.41) is 0. The fourth-order valence-electron chi connectivity index (χ4n) is 2.66. The van der Waals surface area contributed by atoms with Crippen LogP contribution in [0.4, 0.5) is 0 Å². The molecule has 1 radical (unpaired) electrons. The summed E-state index contributed by atoms with van der Waals surface area (Å²) in [5.74, 6) is 1.08. The molecule has 2 aliphatic carbocycles. The average Bonchev–Trinajstić information content (AvgIpc) is 1.91. The Labute approximate surface area is 68.2 Å². The zero-order valence-electron chi connectivity index (χ0n) is 7.10. The minimum absolute atomic E-state index is 0.123. The molecule has 2 rings (SSSR count). The van der Waals surface area contributed by atoms with E-state index in [0.717, 1.165) is 12.8 Å². The molecule has 0 aromatic heterocycles. The first kappa shape index (κ1) is 7.33. The maximum Gasteiger partial charge on any atom is 0.136 e. The van der Waals surface area contributed by atoms with Crippen molar-refractivity contribution in [2.75, 3.05) is 0 Å². The van der Waals surface area contributed by atoms with E-state index in [1.54, 1.807) is 6.92 Å². The van der Waals surface area contributed by atoms with Gasteiger partial charge in [-0.2, -0.15) is 0 Å². The molecule has 61 valence electrons. The first-order valence-electron chi connectivity index (χ1n) is 4.60. The van der Waals surface area contributed by atoms with Crippen LogP contribution in [0.3, 0.4) is 0 Å². The van der Waals surface area contributed by atoms with Crippen LogP contribution in [0.2, 0.25) is 0 Å². The van der Waals surface area contributed by atoms with Gasteiger partial charge in [-0.05, 0) is 44.9 Å². The summed E-state index contributed by atoms with van der Waals surface area (Å²) < 4.78 is 0. The third-order valence-corrected chi connectivity index (χ3v) is 3.59. The van der Waals surface area contributed by atoms with E-state index in [0.29, 0.717) is 11.7 Å². The van der Waals surface area contributed by atoms with Crippen molar-refractivity contribution < 1.29 is 4.79 Å². The Morgan fingerprint density at radius 3 is 2.73 bits per heavy atom. The molecule has 2 atom stereocenters. The van der Waals surface area contributed by atoms with E-state index in [2.05, 4.69) is 6.42 Å². The van der Waals surface area contributed by atoms with Gasteiger partial charge in [-0.25, -0.2) is 0 Å². The molecule has 0 aromatic carbocycles. The second-order valence-electron chi connectivity index (χ2n) is 3.99. The van der Waals surface area contributed by atoms with Crippen molar-refractivity contribution in [3.63, 3.8) is 0 Å². The van der Waals surface area contributed by atoms with E-state index >= 15 is 0 Å². The number of Topliss-reactive ketones (excluding diaryl/α,β-unsaturated/α-hetero) is 1. The van der Waals surface area contributed by atoms with Gasteiger partial charge in [0.25, 0.3) is 0 Å². The van der Waals surface area contributed by atoms with Crippen LogP contribution in [-0.2, 0) is 4.79 Å². The second kappa shape index (κ2) is 2.33. The molecule has 2 fully saturated rings.